The SMILES string of the molecule is COc1cc(O)c(C(=O)[C@@H]2[C@H](CC=C(C)C)C(C)=CC[C@H]2c2ccccc2)c(O)c1OC. The van der Waals surface area contributed by atoms with Crippen LogP contribution in [0.15, 0.2) is 59.7 Å². The Kier molecular flexibility index (Phi) is 7.29. The summed E-state index contributed by atoms with van der Waals surface area (Å²) in [5.74, 6) is -1.38. The molecule has 0 fully saturated rings. The maximum Gasteiger partial charge on any atom is 0.204 e. The van der Waals surface area contributed by atoms with Crippen molar-refractivity contribution in [3.05, 3.63) is 70.8 Å². The number of hydrogen-bond acceptors (Lipinski definition) is 5. The summed E-state index contributed by atoms with van der Waals surface area (Å²) in [7, 11) is 2.80. The molecular weight excluding hydrogens is 404 g/mol. The van der Waals surface area contributed by atoms with Crippen molar-refractivity contribution in [1.82, 2.24) is 0 Å². The van der Waals surface area contributed by atoms with E-state index in [0.29, 0.717) is 12.8 Å². The summed E-state index contributed by atoms with van der Waals surface area (Å²) in [6, 6.07) is 11.3. The van der Waals surface area contributed by atoms with Crippen LogP contribution in [0.2, 0.25) is 0 Å². The van der Waals surface area contributed by atoms with Crippen molar-refractivity contribution in [2.24, 2.45) is 11.8 Å². The van der Waals surface area contributed by atoms with Gasteiger partial charge in [0.1, 0.15) is 11.3 Å². The third-order valence-corrected chi connectivity index (χ3v) is 6.33. The smallest absolute Gasteiger partial charge is 0.204 e. The number of phenolic OH excluding ortho intramolecular Hbond substituents is 2. The van der Waals surface area contributed by atoms with Crippen LogP contribution in [0, 0.1) is 11.8 Å². The Morgan fingerprint density at radius 3 is 2.41 bits per heavy atom. The van der Waals surface area contributed by atoms with Crippen LogP contribution in [0.1, 0.15) is 55.5 Å². The largest absolute Gasteiger partial charge is 0.507 e. The predicted octanol–water partition coefficient (Wildman–Crippen LogP) is 6.02. The quantitative estimate of drug-likeness (QED) is 0.410. The highest BCUT2D eigenvalue weighted by Crippen LogP contribution is 2.50. The number of methoxy groups -OCH3 is 2. The number of hydrogen-bond donors (Lipinski definition) is 2. The van der Waals surface area contributed by atoms with Gasteiger partial charge in [0.2, 0.25) is 5.75 Å². The Labute approximate surface area is 190 Å². The zero-order valence-electron chi connectivity index (χ0n) is 19.4. The second kappa shape index (κ2) is 9.94. The maximum atomic E-state index is 14.0. The minimum atomic E-state index is -0.451. The second-order valence-corrected chi connectivity index (χ2v) is 8.57. The van der Waals surface area contributed by atoms with Crippen LogP contribution in [0.25, 0.3) is 0 Å². The summed E-state index contributed by atoms with van der Waals surface area (Å²) < 4.78 is 10.5. The number of aromatic hydroxyl groups is 2. The van der Waals surface area contributed by atoms with Crippen molar-refractivity contribution < 1.29 is 24.5 Å². The number of rotatable bonds is 7. The molecule has 5 nitrogen and oxygen atoms in total. The number of benzene rings is 2. The van der Waals surface area contributed by atoms with Gasteiger partial charge in [-0.15, -0.1) is 0 Å². The van der Waals surface area contributed by atoms with Crippen LogP contribution in [-0.2, 0) is 0 Å². The standard InChI is InChI=1S/C27H32O5/c1-16(2)11-13-19-17(3)12-14-20(18-9-7-6-8-10-18)23(19)25(29)24-21(28)15-22(31-4)27(32-5)26(24)30/h6-12,15,19-20,23,28,30H,13-14H2,1-5H3/t19-,20+,23-/m1/s1. The summed E-state index contributed by atoms with van der Waals surface area (Å²) >= 11 is 0. The molecule has 3 atom stereocenters. The highest BCUT2D eigenvalue weighted by Gasteiger charge is 2.41. The zero-order valence-corrected chi connectivity index (χ0v) is 19.4. The molecule has 2 aromatic carbocycles. The van der Waals surface area contributed by atoms with Crippen LogP contribution in [-0.4, -0.2) is 30.2 Å². The number of Topliss-reactive ketones (excluding diaryl/α,β-unsaturated/α-hetero) is 1. The number of carbonyl (C=O) groups is 1. The van der Waals surface area contributed by atoms with Gasteiger partial charge < -0.3 is 19.7 Å². The summed E-state index contributed by atoms with van der Waals surface area (Å²) in [6.07, 6.45) is 5.77. The molecule has 3 rings (SSSR count). The average molecular weight is 437 g/mol. The van der Waals surface area contributed by atoms with Crippen molar-refractivity contribution in [1.29, 1.82) is 0 Å². The number of ether oxygens (including phenoxy) is 2. The fraction of sp³-hybridized carbons (Fsp3) is 0.370. The van der Waals surface area contributed by atoms with Crippen molar-refractivity contribution in [2.75, 3.05) is 14.2 Å². The summed E-state index contributed by atoms with van der Waals surface area (Å²) in [5.41, 5.74) is 3.27. The highest BCUT2D eigenvalue weighted by molar-refractivity contribution is 6.04. The predicted molar refractivity (Wildman–Crippen MR) is 126 cm³/mol. The first-order valence-corrected chi connectivity index (χ1v) is 10.9. The molecular formula is C27H32O5. The summed E-state index contributed by atoms with van der Waals surface area (Å²) in [6.45, 7) is 6.14. The molecule has 1 aliphatic carbocycles. The molecule has 0 unspecified atom stereocenters. The van der Waals surface area contributed by atoms with Crippen molar-refractivity contribution in [2.45, 2.75) is 39.5 Å². The van der Waals surface area contributed by atoms with Gasteiger partial charge in [0, 0.05) is 12.0 Å². The Morgan fingerprint density at radius 1 is 1.12 bits per heavy atom. The molecule has 2 aromatic rings. The van der Waals surface area contributed by atoms with Gasteiger partial charge in [-0.25, -0.2) is 0 Å². The lowest BCUT2D eigenvalue weighted by molar-refractivity contribution is 0.0843. The number of carbonyl (C=O) groups excluding carboxylic acids is 1. The lowest BCUT2D eigenvalue weighted by Crippen LogP contribution is -2.33. The normalized spacial score (nSPS) is 20.3. The number of phenols is 2. The van der Waals surface area contributed by atoms with E-state index in [9.17, 15) is 15.0 Å². The van der Waals surface area contributed by atoms with Gasteiger partial charge in [0.05, 0.1) is 14.2 Å². The van der Waals surface area contributed by atoms with Gasteiger partial charge in [-0.3, -0.25) is 4.79 Å². The molecule has 0 amide bonds. The minimum absolute atomic E-state index is 0.0360. The molecule has 0 saturated heterocycles. The molecule has 0 aromatic heterocycles. The molecule has 0 saturated carbocycles. The molecule has 0 heterocycles. The van der Waals surface area contributed by atoms with Gasteiger partial charge >= 0.3 is 0 Å². The molecule has 0 aliphatic heterocycles. The fourth-order valence-corrected chi connectivity index (χ4v) is 4.65. The molecule has 170 valence electrons. The van der Waals surface area contributed by atoms with E-state index in [-0.39, 0.29) is 40.4 Å². The van der Waals surface area contributed by atoms with Gasteiger partial charge in [0.25, 0.3) is 0 Å². The van der Waals surface area contributed by atoms with Crippen molar-refractivity contribution in [3.8, 4) is 23.0 Å². The first-order chi connectivity index (χ1) is 15.3. The molecule has 5 heteroatoms. The average Bonchev–Trinajstić information content (AvgIpc) is 2.77. The van der Waals surface area contributed by atoms with Crippen LogP contribution < -0.4 is 9.47 Å². The van der Waals surface area contributed by atoms with E-state index in [1.807, 2.05) is 44.2 Å². The lowest BCUT2D eigenvalue weighted by Gasteiger charge is -2.37. The molecule has 1 aliphatic rings. The Balaban J connectivity index is 2.17. The van der Waals surface area contributed by atoms with Crippen LogP contribution in [0.3, 0.4) is 0 Å². The van der Waals surface area contributed by atoms with Crippen molar-refractivity contribution >= 4 is 5.78 Å². The van der Waals surface area contributed by atoms with Crippen LogP contribution >= 0.6 is 0 Å². The van der Waals surface area contributed by atoms with E-state index >= 15 is 0 Å². The van der Waals surface area contributed by atoms with Crippen molar-refractivity contribution in [3.63, 3.8) is 0 Å². The van der Waals surface area contributed by atoms with Gasteiger partial charge in [-0.1, -0.05) is 53.6 Å². The van der Waals surface area contributed by atoms with Gasteiger partial charge in [-0.05, 0) is 51.0 Å². The summed E-state index contributed by atoms with van der Waals surface area (Å²) in [4.78, 5) is 14.0. The molecule has 0 spiro atoms. The van der Waals surface area contributed by atoms with E-state index in [2.05, 4.69) is 19.1 Å². The van der Waals surface area contributed by atoms with Gasteiger partial charge in [-0.2, -0.15) is 0 Å². The maximum absolute atomic E-state index is 14.0. The van der Waals surface area contributed by atoms with Crippen LogP contribution in [0.4, 0.5) is 0 Å². The Bertz CT molecular complexity index is 1030. The van der Waals surface area contributed by atoms with E-state index in [1.165, 1.54) is 25.9 Å². The third kappa shape index (κ3) is 4.52. The summed E-state index contributed by atoms with van der Waals surface area (Å²) in [5, 5.41) is 21.6. The molecule has 0 bridgehead atoms. The van der Waals surface area contributed by atoms with E-state index in [4.69, 9.17) is 9.47 Å². The lowest BCUT2D eigenvalue weighted by atomic mass is 9.65. The minimum Gasteiger partial charge on any atom is -0.507 e. The van der Waals surface area contributed by atoms with E-state index in [0.717, 1.165) is 11.1 Å². The fourth-order valence-electron chi connectivity index (χ4n) is 4.65. The third-order valence-electron chi connectivity index (χ3n) is 6.33. The molecule has 0 radical (unpaired) electrons. The Hall–Kier alpha value is -3.21. The van der Waals surface area contributed by atoms with Gasteiger partial charge in [0.15, 0.2) is 17.3 Å². The Morgan fingerprint density at radius 2 is 1.81 bits per heavy atom. The number of ketones is 1. The van der Waals surface area contributed by atoms with E-state index in [1.54, 1.807) is 0 Å². The number of allylic oxidation sites excluding steroid dienone is 4. The second-order valence-electron chi connectivity index (χ2n) is 8.57. The topological polar surface area (TPSA) is 76.0 Å². The zero-order chi connectivity index (χ0) is 23.4. The van der Waals surface area contributed by atoms with E-state index < -0.39 is 11.7 Å². The van der Waals surface area contributed by atoms with Crippen LogP contribution in [0.5, 0.6) is 23.0 Å². The monoisotopic (exact) mass is 436 g/mol. The highest BCUT2D eigenvalue weighted by atomic mass is 16.5. The first kappa shape index (κ1) is 23.5. The molecule has 2 N–H and O–H groups in total. The first-order valence-electron chi connectivity index (χ1n) is 10.9. The molecule has 32 heavy (non-hydrogen) atoms.